The number of hydrogen-bond acceptors (Lipinski definition) is 2. The fourth-order valence-electron chi connectivity index (χ4n) is 1.68. The molecule has 1 N–H and O–H groups in total. The molecule has 1 aliphatic heterocycles. The van der Waals surface area contributed by atoms with Gasteiger partial charge in [-0.25, -0.2) is 0 Å². The predicted octanol–water partition coefficient (Wildman–Crippen LogP) is 0.780. The van der Waals surface area contributed by atoms with Crippen molar-refractivity contribution in [1.29, 1.82) is 0 Å². The van der Waals surface area contributed by atoms with Crippen LogP contribution in [0.3, 0.4) is 0 Å². The summed E-state index contributed by atoms with van der Waals surface area (Å²) in [5.41, 5.74) is 1.11. The van der Waals surface area contributed by atoms with E-state index < -0.39 is 6.10 Å². The molecule has 0 bridgehead atoms. The van der Waals surface area contributed by atoms with Crippen molar-refractivity contribution in [2.45, 2.75) is 19.1 Å². The van der Waals surface area contributed by atoms with Gasteiger partial charge in [-0.1, -0.05) is 30.3 Å². The third-order valence-corrected chi connectivity index (χ3v) is 2.49. The number of amides is 1. The van der Waals surface area contributed by atoms with Crippen LogP contribution in [0.2, 0.25) is 0 Å². The number of carbonyl (C=O) groups excluding carboxylic acids is 1. The maximum atomic E-state index is 11.4. The van der Waals surface area contributed by atoms with E-state index in [1.165, 1.54) is 0 Å². The van der Waals surface area contributed by atoms with Crippen molar-refractivity contribution < 1.29 is 9.90 Å². The first-order chi connectivity index (χ1) is 6.77. The number of nitrogens with zero attached hydrogens (tertiary/aromatic N) is 1. The van der Waals surface area contributed by atoms with Crippen LogP contribution < -0.4 is 0 Å². The van der Waals surface area contributed by atoms with Gasteiger partial charge in [0, 0.05) is 13.1 Å². The smallest absolute Gasteiger partial charge is 0.251 e. The lowest BCUT2D eigenvalue weighted by molar-refractivity contribution is -0.134. The first-order valence-electron chi connectivity index (χ1n) is 4.78. The molecule has 0 unspecified atom stereocenters. The second kappa shape index (κ2) is 3.80. The molecule has 74 valence electrons. The molecule has 1 fully saturated rings. The number of hydrogen-bond donors (Lipinski definition) is 1. The Labute approximate surface area is 83.0 Å². The summed E-state index contributed by atoms with van der Waals surface area (Å²) in [7, 11) is 0. The number of aliphatic hydroxyl groups is 1. The number of benzene rings is 1. The lowest BCUT2D eigenvalue weighted by Gasteiger charge is -2.15. The SMILES string of the molecule is O=C1[C@H](O)CCN1Cc1ccccc1. The third kappa shape index (κ3) is 1.77. The Morgan fingerprint density at radius 2 is 2.07 bits per heavy atom. The number of aliphatic hydroxyl groups excluding tert-OH is 1. The quantitative estimate of drug-likeness (QED) is 0.750. The molecular weight excluding hydrogens is 178 g/mol. The molecule has 1 aromatic rings. The van der Waals surface area contributed by atoms with Crippen LogP contribution in [0.25, 0.3) is 0 Å². The maximum Gasteiger partial charge on any atom is 0.251 e. The summed E-state index contributed by atoms with van der Waals surface area (Å²) in [6, 6.07) is 9.82. The molecule has 1 heterocycles. The minimum Gasteiger partial charge on any atom is -0.383 e. The topological polar surface area (TPSA) is 40.5 Å². The summed E-state index contributed by atoms with van der Waals surface area (Å²) in [6.07, 6.45) is -0.218. The van der Waals surface area contributed by atoms with E-state index in [0.29, 0.717) is 19.5 Å². The Bertz CT molecular complexity index is 323. The molecule has 0 spiro atoms. The van der Waals surface area contributed by atoms with E-state index >= 15 is 0 Å². The minimum atomic E-state index is -0.779. The molecule has 3 heteroatoms. The highest BCUT2D eigenvalue weighted by Crippen LogP contribution is 2.14. The van der Waals surface area contributed by atoms with Crippen LogP contribution >= 0.6 is 0 Å². The van der Waals surface area contributed by atoms with Crippen molar-refractivity contribution in [3.8, 4) is 0 Å². The van der Waals surface area contributed by atoms with Gasteiger partial charge in [0.05, 0.1) is 0 Å². The summed E-state index contributed by atoms with van der Waals surface area (Å²) >= 11 is 0. The van der Waals surface area contributed by atoms with Gasteiger partial charge in [-0.3, -0.25) is 4.79 Å². The van der Waals surface area contributed by atoms with E-state index in [1.807, 2.05) is 30.3 Å². The van der Waals surface area contributed by atoms with Gasteiger partial charge >= 0.3 is 0 Å². The van der Waals surface area contributed by atoms with Crippen LogP contribution in [0.4, 0.5) is 0 Å². The maximum absolute atomic E-state index is 11.4. The summed E-state index contributed by atoms with van der Waals surface area (Å²) in [5, 5.41) is 9.25. The van der Waals surface area contributed by atoms with E-state index in [2.05, 4.69) is 0 Å². The summed E-state index contributed by atoms with van der Waals surface area (Å²) < 4.78 is 0. The van der Waals surface area contributed by atoms with Crippen LogP contribution in [0.1, 0.15) is 12.0 Å². The number of likely N-dealkylation sites (tertiary alicyclic amines) is 1. The first-order valence-corrected chi connectivity index (χ1v) is 4.78. The van der Waals surface area contributed by atoms with E-state index in [1.54, 1.807) is 4.90 Å². The fraction of sp³-hybridized carbons (Fsp3) is 0.364. The van der Waals surface area contributed by atoms with Gasteiger partial charge < -0.3 is 10.0 Å². The Balaban J connectivity index is 2.02. The van der Waals surface area contributed by atoms with Crippen molar-refractivity contribution >= 4 is 5.91 Å². The zero-order valence-electron chi connectivity index (χ0n) is 7.89. The monoisotopic (exact) mass is 191 g/mol. The lowest BCUT2D eigenvalue weighted by Crippen LogP contribution is -2.28. The van der Waals surface area contributed by atoms with Crippen molar-refractivity contribution in [2.75, 3.05) is 6.54 Å². The molecule has 0 aromatic heterocycles. The fourth-order valence-corrected chi connectivity index (χ4v) is 1.68. The average Bonchev–Trinajstić information content (AvgIpc) is 2.52. The van der Waals surface area contributed by atoms with Gasteiger partial charge in [0.1, 0.15) is 6.10 Å². The zero-order valence-corrected chi connectivity index (χ0v) is 7.89. The van der Waals surface area contributed by atoms with Crippen molar-refractivity contribution in [1.82, 2.24) is 4.90 Å². The molecule has 0 saturated carbocycles. The van der Waals surface area contributed by atoms with Crippen LogP contribution in [-0.4, -0.2) is 28.6 Å². The average molecular weight is 191 g/mol. The first kappa shape index (κ1) is 9.21. The highest BCUT2D eigenvalue weighted by Gasteiger charge is 2.29. The van der Waals surface area contributed by atoms with E-state index in [9.17, 15) is 9.90 Å². The van der Waals surface area contributed by atoms with Crippen molar-refractivity contribution in [3.63, 3.8) is 0 Å². The zero-order chi connectivity index (χ0) is 9.97. The standard InChI is InChI=1S/C11H13NO2/c13-10-6-7-12(11(10)14)8-9-4-2-1-3-5-9/h1-5,10,13H,6-8H2/t10-/m1/s1. The molecule has 1 atom stereocenters. The Hall–Kier alpha value is -1.35. The molecule has 0 radical (unpaired) electrons. The van der Waals surface area contributed by atoms with Gasteiger partial charge in [0.15, 0.2) is 0 Å². The minimum absolute atomic E-state index is 0.145. The Kier molecular flexibility index (Phi) is 2.50. The van der Waals surface area contributed by atoms with Gasteiger partial charge in [-0.2, -0.15) is 0 Å². The summed E-state index contributed by atoms with van der Waals surface area (Å²) in [4.78, 5) is 13.1. The third-order valence-electron chi connectivity index (χ3n) is 2.49. The van der Waals surface area contributed by atoms with Crippen LogP contribution in [-0.2, 0) is 11.3 Å². The summed E-state index contributed by atoms with van der Waals surface area (Å²) in [6.45, 7) is 1.27. The van der Waals surface area contributed by atoms with Gasteiger partial charge in [0.2, 0.25) is 0 Å². The van der Waals surface area contributed by atoms with E-state index in [4.69, 9.17) is 0 Å². The molecule has 14 heavy (non-hydrogen) atoms. The lowest BCUT2D eigenvalue weighted by atomic mass is 10.2. The van der Waals surface area contributed by atoms with Crippen LogP contribution in [0.5, 0.6) is 0 Å². The van der Waals surface area contributed by atoms with Gasteiger partial charge in [0.25, 0.3) is 5.91 Å². The van der Waals surface area contributed by atoms with Gasteiger partial charge in [-0.15, -0.1) is 0 Å². The highest BCUT2D eigenvalue weighted by atomic mass is 16.3. The van der Waals surface area contributed by atoms with Gasteiger partial charge in [-0.05, 0) is 12.0 Å². The van der Waals surface area contributed by atoms with E-state index in [-0.39, 0.29) is 5.91 Å². The highest BCUT2D eigenvalue weighted by molar-refractivity contribution is 5.82. The molecule has 1 saturated heterocycles. The van der Waals surface area contributed by atoms with Crippen LogP contribution in [0, 0.1) is 0 Å². The molecule has 1 amide bonds. The van der Waals surface area contributed by atoms with Crippen LogP contribution in [0.15, 0.2) is 30.3 Å². The molecule has 2 rings (SSSR count). The second-order valence-corrected chi connectivity index (χ2v) is 3.55. The number of rotatable bonds is 2. The second-order valence-electron chi connectivity index (χ2n) is 3.55. The molecule has 1 aromatic carbocycles. The van der Waals surface area contributed by atoms with E-state index in [0.717, 1.165) is 5.56 Å². The molecule has 1 aliphatic rings. The largest absolute Gasteiger partial charge is 0.383 e. The molecule has 3 nitrogen and oxygen atoms in total. The Morgan fingerprint density at radius 1 is 1.36 bits per heavy atom. The Morgan fingerprint density at radius 3 is 2.64 bits per heavy atom. The molecular formula is C11H13NO2. The van der Waals surface area contributed by atoms with Crippen molar-refractivity contribution in [3.05, 3.63) is 35.9 Å². The number of carbonyl (C=O) groups is 1. The van der Waals surface area contributed by atoms with Crippen molar-refractivity contribution in [2.24, 2.45) is 0 Å². The normalized spacial score (nSPS) is 21.6. The molecule has 0 aliphatic carbocycles. The predicted molar refractivity (Wildman–Crippen MR) is 52.5 cm³/mol. The summed E-state index contributed by atoms with van der Waals surface area (Å²) in [5.74, 6) is -0.145.